The number of nitrogens with two attached hydrogens (primary N) is 1. The highest BCUT2D eigenvalue weighted by molar-refractivity contribution is 9.10. The van der Waals surface area contributed by atoms with Gasteiger partial charge in [-0.05, 0) is 40.9 Å². The summed E-state index contributed by atoms with van der Waals surface area (Å²) in [7, 11) is 0. The molecular formula is C10H12BrF2NO. The predicted octanol–water partition coefficient (Wildman–Crippen LogP) is 1.98. The molecule has 0 saturated carbocycles. The van der Waals surface area contributed by atoms with Crippen molar-refractivity contribution in [1.82, 2.24) is 0 Å². The molecule has 5 heteroatoms. The zero-order valence-corrected chi connectivity index (χ0v) is 9.81. The van der Waals surface area contributed by atoms with Crippen LogP contribution < -0.4 is 5.73 Å². The van der Waals surface area contributed by atoms with Crippen LogP contribution in [0.4, 0.5) is 8.78 Å². The standard InChI is InChI=1S/C10H12BrF2NO/c1-10(14,5-15)4-6-2-3-7(12)8(11)9(6)13/h2-3,15H,4-5,14H2,1H3. The average molecular weight is 280 g/mol. The number of hydrogen-bond acceptors (Lipinski definition) is 2. The summed E-state index contributed by atoms with van der Waals surface area (Å²) in [5.41, 5.74) is 5.05. The van der Waals surface area contributed by atoms with E-state index < -0.39 is 17.2 Å². The zero-order valence-electron chi connectivity index (χ0n) is 8.23. The summed E-state index contributed by atoms with van der Waals surface area (Å²) < 4.78 is 26.2. The van der Waals surface area contributed by atoms with Gasteiger partial charge in [0.25, 0.3) is 0 Å². The third-order valence-electron chi connectivity index (χ3n) is 2.07. The first kappa shape index (κ1) is 12.5. The first-order valence-corrected chi connectivity index (χ1v) is 5.19. The van der Waals surface area contributed by atoms with Gasteiger partial charge >= 0.3 is 0 Å². The van der Waals surface area contributed by atoms with E-state index in [1.807, 2.05) is 0 Å². The van der Waals surface area contributed by atoms with Gasteiger partial charge in [-0.25, -0.2) is 8.78 Å². The Morgan fingerprint density at radius 3 is 2.60 bits per heavy atom. The number of halogens is 3. The Kier molecular flexibility index (Phi) is 3.81. The Morgan fingerprint density at radius 2 is 2.07 bits per heavy atom. The van der Waals surface area contributed by atoms with Gasteiger partial charge < -0.3 is 10.8 Å². The monoisotopic (exact) mass is 279 g/mol. The number of aliphatic hydroxyl groups excluding tert-OH is 1. The van der Waals surface area contributed by atoms with Crippen molar-refractivity contribution < 1.29 is 13.9 Å². The van der Waals surface area contributed by atoms with Crippen molar-refractivity contribution >= 4 is 15.9 Å². The van der Waals surface area contributed by atoms with Crippen LogP contribution in [0.5, 0.6) is 0 Å². The minimum absolute atomic E-state index is 0.147. The summed E-state index contributed by atoms with van der Waals surface area (Å²) in [6.45, 7) is 1.34. The molecule has 1 atom stereocenters. The predicted molar refractivity (Wildman–Crippen MR) is 57.4 cm³/mol. The quantitative estimate of drug-likeness (QED) is 0.832. The molecule has 1 unspecified atom stereocenters. The van der Waals surface area contributed by atoms with E-state index in [4.69, 9.17) is 10.8 Å². The average Bonchev–Trinajstić information content (AvgIpc) is 2.19. The van der Waals surface area contributed by atoms with E-state index in [1.54, 1.807) is 6.92 Å². The van der Waals surface area contributed by atoms with Crippen molar-refractivity contribution in [3.05, 3.63) is 33.8 Å². The molecule has 1 aromatic rings. The minimum atomic E-state index is -0.905. The van der Waals surface area contributed by atoms with Crippen LogP contribution in [-0.2, 0) is 6.42 Å². The van der Waals surface area contributed by atoms with Gasteiger partial charge in [-0.3, -0.25) is 0 Å². The fourth-order valence-corrected chi connectivity index (χ4v) is 1.58. The molecule has 0 amide bonds. The highest BCUT2D eigenvalue weighted by Gasteiger charge is 2.21. The van der Waals surface area contributed by atoms with Crippen molar-refractivity contribution in [3.63, 3.8) is 0 Å². The molecule has 1 rings (SSSR count). The van der Waals surface area contributed by atoms with E-state index in [9.17, 15) is 8.78 Å². The van der Waals surface area contributed by atoms with E-state index in [2.05, 4.69) is 15.9 Å². The van der Waals surface area contributed by atoms with E-state index in [1.165, 1.54) is 6.07 Å². The Labute approximate surface area is 95.2 Å². The SMILES string of the molecule is CC(N)(CO)Cc1ccc(F)c(Br)c1F. The van der Waals surface area contributed by atoms with Crippen molar-refractivity contribution in [2.45, 2.75) is 18.9 Å². The molecule has 3 N–H and O–H groups in total. The van der Waals surface area contributed by atoms with Crippen LogP contribution in [0.2, 0.25) is 0 Å². The van der Waals surface area contributed by atoms with Gasteiger partial charge in [0.05, 0.1) is 11.1 Å². The lowest BCUT2D eigenvalue weighted by atomic mass is 9.94. The largest absolute Gasteiger partial charge is 0.394 e. The molecule has 0 fully saturated rings. The first-order chi connectivity index (χ1) is 6.87. The Hall–Kier alpha value is -0.520. The van der Waals surface area contributed by atoms with Gasteiger partial charge in [-0.1, -0.05) is 6.07 Å². The summed E-state index contributed by atoms with van der Waals surface area (Å²) in [4.78, 5) is 0. The molecule has 0 aliphatic rings. The fraction of sp³-hybridized carbons (Fsp3) is 0.400. The van der Waals surface area contributed by atoms with Gasteiger partial charge in [0.15, 0.2) is 0 Å². The fourth-order valence-electron chi connectivity index (χ4n) is 1.19. The highest BCUT2D eigenvalue weighted by Crippen LogP contribution is 2.24. The summed E-state index contributed by atoms with van der Waals surface area (Å²) in [5.74, 6) is -1.32. The maximum absolute atomic E-state index is 13.5. The number of aliphatic hydroxyl groups is 1. The summed E-state index contributed by atoms with van der Waals surface area (Å²) in [5, 5.41) is 8.94. The molecule has 0 spiro atoms. The molecule has 0 heterocycles. The number of rotatable bonds is 3. The van der Waals surface area contributed by atoms with Gasteiger partial charge in [0.1, 0.15) is 11.6 Å². The lowest BCUT2D eigenvalue weighted by Gasteiger charge is -2.22. The molecule has 84 valence electrons. The normalized spacial score (nSPS) is 15.1. The molecule has 0 aliphatic carbocycles. The molecule has 0 aromatic heterocycles. The molecule has 1 aromatic carbocycles. The maximum atomic E-state index is 13.5. The maximum Gasteiger partial charge on any atom is 0.143 e. The molecule has 0 aliphatic heterocycles. The molecule has 2 nitrogen and oxygen atoms in total. The third kappa shape index (κ3) is 2.96. The molecule has 0 radical (unpaired) electrons. The van der Waals surface area contributed by atoms with Crippen molar-refractivity contribution in [1.29, 1.82) is 0 Å². The second kappa shape index (κ2) is 4.55. The van der Waals surface area contributed by atoms with Gasteiger partial charge in [-0.2, -0.15) is 0 Å². The van der Waals surface area contributed by atoms with Crippen LogP contribution in [0.1, 0.15) is 12.5 Å². The second-order valence-corrected chi connectivity index (χ2v) is 4.62. The van der Waals surface area contributed by atoms with Gasteiger partial charge in [-0.15, -0.1) is 0 Å². The number of benzene rings is 1. The highest BCUT2D eigenvalue weighted by atomic mass is 79.9. The molecular weight excluding hydrogens is 268 g/mol. The topological polar surface area (TPSA) is 46.2 Å². The summed E-state index contributed by atoms with van der Waals surface area (Å²) in [6, 6.07) is 2.49. The third-order valence-corrected chi connectivity index (χ3v) is 2.80. The van der Waals surface area contributed by atoms with Gasteiger partial charge in [0, 0.05) is 5.54 Å². The van der Waals surface area contributed by atoms with Crippen LogP contribution in [0.15, 0.2) is 16.6 Å². The van der Waals surface area contributed by atoms with Crippen LogP contribution in [0.3, 0.4) is 0 Å². The smallest absolute Gasteiger partial charge is 0.143 e. The summed E-state index contributed by atoms with van der Waals surface area (Å²) >= 11 is 2.81. The van der Waals surface area contributed by atoms with E-state index in [0.29, 0.717) is 0 Å². The minimum Gasteiger partial charge on any atom is -0.394 e. The summed E-state index contributed by atoms with van der Waals surface area (Å²) in [6.07, 6.45) is 0.147. The Morgan fingerprint density at radius 1 is 1.47 bits per heavy atom. The van der Waals surface area contributed by atoms with Crippen molar-refractivity contribution in [2.75, 3.05) is 6.61 Å². The van der Waals surface area contributed by atoms with E-state index >= 15 is 0 Å². The molecule has 0 bridgehead atoms. The van der Waals surface area contributed by atoms with Gasteiger partial charge in [0.2, 0.25) is 0 Å². The second-order valence-electron chi connectivity index (χ2n) is 3.82. The first-order valence-electron chi connectivity index (χ1n) is 4.39. The molecule has 15 heavy (non-hydrogen) atoms. The van der Waals surface area contributed by atoms with Crippen LogP contribution in [0, 0.1) is 11.6 Å². The van der Waals surface area contributed by atoms with Crippen molar-refractivity contribution in [2.24, 2.45) is 5.73 Å². The van der Waals surface area contributed by atoms with Crippen LogP contribution in [-0.4, -0.2) is 17.3 Å². The van der Waals surface area contributed by atoms with Crippen LogP contribution in [0.25, 0.3) is 0 Å². The van der Waals surface area contributed by atoms with Crippen molar-refractivity contribution in [3.8, 4) is 0 Å². The lowest BCUT2D eigenvalue weighted by molar-refractivity contribution is 0.207. The van der Waals surface area contributed by atoms with E-state index in [-0.39, 0.29) is 23.1 Å². The van der Waals surface area contributed by atoms with Crippen LogP contribution >= 0.6 is 15.9 Å². The lowest BCUT2D eigenvalue weighted by Crippen LogP contribution is -2.42. The molecule has 0 saturated heterocycles. The van der Waals surface area contributed by atoms with E-state index in [0.717, 1.165) is 6.07 Å². The number of hydrogen-bond donors (Lipinski definition) is 2. The Bertz CT molecular complexity index is 369. The zero-order chi connectivity index (χ0) is 11.6. The Balaban J connectivity index is 3.02.